The molecule has 102 valence electrons. The Balaban J connectivity index is 2.04. The van der Waals surface area contributed by atoms with Crippen LogP contribution in [0.25, 0.3) is 0 Å². The number of aliphatic hydroxyl groups excluding tert-OH is 1. The van der Waals surface area contributed by atoms with Gasteiger partial charge in [-0.05, 0) is 26.8 Å². The minimum atomic E-state index is 0.107. The van der Waals surface area contributed by atoms with E-state index < -0.39 is 0 Å². The lowest BCUT2D eigenvalue weighted by atomic mass is 9.93. The van der Waals surface area contributed by atoms with Crippen LogP contribution in [0, 0.1) is 0 Å². The van der Waals surface area contributed by atoms with E-state index in [4.69, 9.17) is 5.11 Å². The van der Waals surface area contributed by atoms with Gasteiger partial charge in [0.1, 0.15) is 12.2 Å². The fourth-order valence-corrected chi connectivity index (χ4v) is 2.85. The monoisotopic (exact) mass is 252 g/mol. The summed E-state index contributed by atoms with van der Waals surface area (Å²) in [6, 6.07) is 0.912. The zero-order chi connectivity index (χ0) is 13.0. The highest BCUT2D eigenvalue weighted by Crippen LogP contribution is 2.27. The third-order valence-electron chi connectivity index (χ3n) is 4.09. The second-order valence-corrected chi connectivity index (χ2v) is 5.20. The smallest absolute Gasteiger partial charge is 0.143 e. The number of aliphatic hydroxyl groups is 1. The van der Waals surface area contributed by atoms with E-state index in [1.165, 1.54) is 32.1 Å². The summed E-state index contributed by atoms with van der Waals surface area (Å²) in [5.41, 5.74) is 0. The minimum Gasteiger partial charge on any atom is -0.394 e. The van der Waals surface area contributed by atoms with Crippen LogP contribution in [0.2, 0.25) is 0 Å². The summed E-state index contributed by atoms with van der Waals surface area (Å²) in [5, 5.41) is 13.2. The summed E-state index contributed by atoms with van der Waals surface area (Å²) < 4.78 is 1.81. The first-order valence-electron chi connectivity index (χ1n) is 6.94. The van der Waals surface area contributed by atoms with Gasteiger partial charge in [-0.2, -0.15) is 5.10 Å². The zero-order valence-corrected chi connectivity index (χ0v) is 11.4. The van der Waals surface area contributed by atoms with Crippen LogP contribution in [0.1, 0.15) is 50.9 Å². The Morgan fingerprint density at radius 1 is 1.44 bits per heavy atom. The lowest BCUT2D eigenvalue weighted by Gasteiger charge is -2.35. The second kappa shape index (κ2) is 6.29. The molecule has 0 unspecified atom stereocenters. The molecule has 0 saturated heterocycles. The first-order chi connectivity index (χ1) is 8.74. The molecule has 0 aromatic carbocycles. The molecule has 1 atom stereocenters. The van der Waals surface area contributed by atoms with Crippen molar-refractivity contribution in [3.8, 4) is 0 Å². The number of hydrogen-bond donors (Lipinski definition) is 1. The van der Waals surface area contributed by atoms with E-state index in [0.29, 0.717) is 12.6 Å². The average molecular weight is 252 g/mol. The number of rotatable bonds is 5. The molecule has 1 N–H and O–H groups in total. The van der Waals surface area contributed by atoms with Gasteiger partial charge in [-0.3, -0.25) is 4.90 Å². The van der Waals surface area contributed by atoms with E-state index in [1.54, 1.807) is 6.33 Å². The van der Waals surface area contributed by atoms with Gasteiger partial charge in [0.25, 0.3) is 0 Å². The van der Waals surface area contributed by atoms with Gasteiger partial charge in [-0.15, -0.1) is 0 Å². The molecular weight excluding hydrogens is 228 g/mol. The van der Waals surface area contributed by atoms with Crippen molar-refractivity contribution in [2.45, 2.75) is 57.7 Å². The number of aromatic nitrogens is 3. The first kappa shape index (κ1) is 13.5. The molecule has 0 amide bonds. The van der Waals surface area contributed by atoms with Crippen LogP contribution < -0.4 is 0 Å². The molecule has 1 aliphatic carbocycles. The summed E-state index contributed by atoms with van der Waals surface area (Å²) >= 11 is 0. The van der Waals surface area contributed by atoms with Gasteiger partial charge in [0.2, 0.25) is 0 Å². The number of nitrogens with zero attached hydrogens (tertiary/aromatic N) is 4. The van der Waals surface area contributed by atoms with E-state index in [2.05, 4.69) is 29.0 Å². The lowest BCUT2D eigenvalue weighted by Crippen LogP contribution is -2.36. The van der Waals surface area contributed by atoms with Gasteiger partial charge in [-0.1, -0.05) is 19.3 Å². The fraction of sp³-hybridized carbons (Fsp3) is 0.846. The van der Waals surface area contributed by atoms with Crippen LogP contribution in [-0.2, 0) is 6.54 Å². The maximum atomic E-state index is 9.03. The summed E-state index contributed by atoms with van der Waals surface area (Å²) in [6.07, 6.45) is 8.20. The molecule has 0 bridgehead atoms. The van der Waals surface area contributed by atoms with Gasteiger partial charge in [-0.25, -0.2) is 9.67 Å². The molecule has 5 nitrogen and oxygen atoms in total. The normalized spacial score (nSPS) is 19.3. The molecule has 1 aromatic heterocycles. The Morgan fingerprint density at radius 2 is 2.17 bits per heavy atom. The van der Waals surface area contributed by atoms with E-state index in [-0.39, 0.29) is 12.6 Å². The van der Waals surface area contributed by atoms with Crippen molar-refractivity contribution in [2.75, 3.05) is 13.7 Å². The van der Waals surface area contributed by atoms with Crippen molar-refractivity contribution in [2.24, 2.45) is 0 Å². The Bertz CT molecular complexity index is 360. The van der Waals surface area contributed by atoms with Crippen LogP contribution in [0.4, 0.5) is 0 Å². The largest absolute Gasteiger partial charge is 0.394 e. The van der Waals surface area contributed by atoms with Crippen molar-refractivity contribution in [1.82, 2.24) is 19.7 Å². The molecule has 18 heavy (non-hydrogen) atoms. The summed E-state index contributed by atoms with van der Waals surface area (Å²) in [5.74, 6) is 0.956. The average Bonchev–Trinajstić information content (AvgIpc) is 2.87. The van der Waals surface area contributed by atoms with Crippen molar-refractivity contribution >= 4 is 0 Å². The summed E-state index contributed by atoms with van der Waals surface area (Å²) in [7, 11) is 2.18. The van der Waals surface area contributed by atoms with Crippen LogP contribution in [-0.4, -0.2) is 44.5 Å². The van der Waals surface area contributed by atoms with Crippen molar-refractivity contribution in [1.29, 1.82) is 0 Å². The zero-order valence-electron chi connectivity index (χ0n) is 11.4. The molecule has 0 radical (unpaired) electrons. The van der Waals surface area contributed by atoms with Gasteiger partial charge in [0.05, 0.1) is 19.2 Å². The third-order valence-corrected chi connectivity index (χ3v) is 4.09. The first-order valence-corrected chi connectivity index (χ1v) is 6.94. The highest BCUT2D eigenvalue weighted by molar-refractivity contribution is 4.94. The van der Waals surface area contributed by atoms with E-state index in [1.807, 2.05) is 4.68 Å². The summed E-state index contributed by atoms with van der Waals surface area (Å²) in [4.78, 5) is 6.76. The third kappa shape index (κ3) is 2.90. The molecule has 5 heteroatoms. The SMILES string of the molecule is C[C@@H](c1ncnn1CCO)N(C)C1CCCCC1. The Morgan fingerprint density at radius 3 is 2.83 bits per heavy atom. The maximum Gasteiger partial charge on any atom is 0.143 e. The van der Waals surface area contributed by atoms with Crippen molar-refractivity contribution < 1.29 is 5.11 Å². The van der Waals surface area contributed by atoms with E-state index >= 15 is 0 Å². The van der Waals surface area contributed by atoms with Gasteiger partial charge >= 0.3 is 0 Å². The van der Waals surface area contributed by atoms with E-state index in [0.717, 1.165) is 5.82 Å². The molecule has 0 spiro atoms. The molecule has 1 heterocycles. The number of hydrogen-bond acceptors (Lipinski definition) is 4. The molecule has 2 rings (SSSR count). The predicted molar refractivity (Wildman–Crippen MR) is 70.2 cm³/mol. The van der Waals surface area contributed by atoms with Crippen molar-refractivity contribution in [3.63, 3.8) is 0 Å². The standard InChI is InChI=1S/C13H24N4O/c1-11(13-14-10-15-17(13)8-9-18)16(2)12-6-4-3-5-7-12/h10-12,18H,3-9H2,1-2H3/t11-/m0/s1. The molecule has 1 aliphatic rings. The predicted octanol–water partition coefficient (Wildman–Crippen LogP) is 1.60. The van der Waals surface area contributed by atoms with Gasteiger partial charge in [0, 0.05) is 6.04 Å². The maximum absolute atomic E-state index is 9.03. The minimum absolute atomic E-state index is 0.107. The quantitative estimate of drug-likeness (QED) is 0.864. The van der Waals surface area contributed by atoms with Crippen LogP contribution in [0.5, 0.6) is 0 Å². The molecule has 0 aliphatic heterocycles. The van der Waals surface area contributed by atoms with Crippen LogP contribution in [0.3, 0.4) is 0 Å². The van der Waals surface area contributed by atoms with Crippen LogP contribution >= 0.6 is 0 Å². The topological polar surface area (TPSA) is 54.2 Å². The highest BCUT2D eigenvalue weighted by Gasteiger charge is 2.25. The summed E-state index contributed by atoms with van der Waals surface area (Å²) in [6.45, 7) is 2.81. The molecule has 1 saturated carbocycles. The Kier molecular flexibility index (Phi) is 4.72. The lowest BCUT2D eigenvalue weighted by molar-refractivity contribution is 0.137. The highest BCUT2D eigenvalue weighted by atomic mass is 16.3. The Labute approximate surface area is 109 Å². The molecule has 1 aromatic rings. The van der Waals surface area contributed by atoms with Crippen LogP contribution in [0.15, 0.2) is 6.33 Å². The fourth-order valence-electron chi connectivity index (χ4n) is 2.85. The van der Waals surface area contributed by atoms with Gasteiger partial charge in [0.15, 0.2) is 0 Å². The molecular formula is C13H24N4O. The van der Waals surface area contributed by atoms with Gasteiger partial charge < -0.3 is 5.11 Å². The van der Waals surface area contributed by atoms with Crippen molar-refractivity contribution in [3.05, 3.63) is 12.2 Å². The molecule has 1 fully saturated rings. The second-order valence-electron chi connectivity index (χ2n) is 5.20. The Hall–Kier alpha value is -0.940. The van der Waals surface area contributed by atoms with E-state index in [9.17, 15) is 0 Å².